The lowest BCUT2D eigenvalue weighted by Gasteiger charge is -2.35. The lowest BCUT2D eigenvalue weighted by molar-refractivity contribution is -0.614. The van der Waals surface area contributed by atoms with Crippen molar-refractivity contribution in [3.63, 3.8) is 0 Å². The average Bonchev–Trinajstić information content (AvgIpc) is 4.08. The Morgan fingerprint density at radius 3 is 2.17 bits per heavy atom. The van der Waals surface area contributed by atoms with Crippen molar-refractivity contribution in [2.24, 2.45) is 23.7 Å². The van der Waals surface area contributed by atoms with E-state index in [1.807, 2.05) is 41.5 Å². The molecule has 4 rings (SSSR count). The highest BCUT2D eigenvalue weighted by atomic mass is 16.5. The number of aliphatic hydroxyl groups excluding tert-OH is 4. The van der Waals surface area contributed by atoms with Gasteiger partial charge in [0.2, 0.25) is 35.2 Å². The number of hydrogen-bond acceptors (Lipinski definition) is 12. The molecular weight excluding hydrogens is 917 g/mol. The molecule has 0 spiro atoms. The van der Waals surface area contributed by atoms with E-state index in [2.05, 4.69) is 36.6 Å². The molecule has 0 bridgehead atoms. The van der Waals surface area contributed by atoms with Crippen LogP contribution < -0.4 is 31.3 Å². The molecular formula is C50H76N10O11. The first kappa shape index (κ1) is 57.4. The molecule has 1 saturated heterocycles. The van der Waals surface area contributed by atoms with Gasteiger partial charge >= 0.3 is 6.03 Å². The third kappa shape index (κ3) is 16.2. The fourth-order valence-corrected chi connectivity index (χ4v) is 8.63. The monoisotopic (exact) mass is 993 g/mol. The smallest absolute Gasteiger partial charge is 0.318 e. The van der Waals surface area contributed by atoms with E-state index in [4.69, 9.17) is 0 Å². The Labute approximate surface area is 416 Å². The summed E-state index contributed by atoms with van der Waals surface area (Å²) in [5.41, 5.74) is -0.208. The molecule has 7 amide bonds. The van der Waals surface area contributed by atoms with Crippen molar-refractivity contribution in [3.05, 3.63) is 89.4 Å². The van der Waals surface area contributed by atoms with Crippen LogP contribution in [0.1, 0.15) is 90.6 Å². The number of likely N-dealkylation sites (tertiary alicyclic amines) is 1. The summed E-state index contributed by atoms with van der Waals surface area (Å²) in [6, 6.07) is 7.63. The van der Waals surface area contributed by atoms with Crippen LogP contribution in [-0.4, -0.2) is 151 Å². The molecule has 1 aliphatic rings. The summed E-state index contributed by atoms with van der Waals surface area (Å²) in [6.07, 6.45) is 4.41. The zero-order valence-corrected chi connectivity index (χ0v) is 42.0. The number of H-pyrrole nitrogens is 1. The SMILES string of the molecule is CC[C@H](C)[C@H](NC(=O)[C@H](CC(O)[C@H](CC(C)C)NC(=O)[C@H](Cc1cnc[nH]1)N(C)C(=O)[C@H](Cc1ccccc1)NC(=O)[C@@H]1CCCN1C(=O)NC(CO)(CO)CO)C(C)C)C(=O)NCc1cccc[n+]1[O-]. The first-order valence-corrected chi connectivity index (χ1v) is 24.5. The van der Waals surface area contributed by atoms with Gasteiger partial charge in [0, 0.05) is 56.4 Å². The van der Waals surface area contributed by atoms with Gasteiger partial charge in [-0.3, -0.25) is 24.0 Å². The van der Waals surface area contributed by atoms with Crippen molar-refractivity contribution in [1.82, 2.24) is 46.4 Å². The number of hydrogen-bond donors (Lipinski definition) is 10. The highest BCUT2D eigenvalue weighted by molar-refractivity contribution is 5.95. The first-order valence-electron chi connectivity index (χ1n) is 24.5. The Balaban J connectivity index is 1.58. The highest BCUT2D eigenvalue weighted by Gasteiger charge is 2.41. The van der Waals surface area contributed by atoms with E-state index in [0.717, 1.165) is 0 Å². The lowest BCUT2D eigenvalue weighted by atomic mass is 9.85. The zero-order chi connectivity index (χ0) is 52.4. The molecule has 1 aliphatic heterocycles. The molecule has 1 unspecified atom stereocenters. The van der Waals surface area contributed by atoms with Crippen LogP contribution in [0.3, 0.4) is 0 Å². The number of carbonyl (C=O) groups is 6. The number of carbonyl (C=O) groups excluding carboxylic acids is 6. The maximum Gasteiger partial charge on any atom is 0.318 e. The Morgan fingerprint density at radius 1 is 0.901 bits per heavy atom. The Morgan fingerprint density at radius 2 is 1.58 bits per heavy atom. The van der Waals surface area contributed by atoms with Crippen molar-refractivity contribution in [2.75, 3.05) is 33.4 Å². The number of pyridine rings is 1. The van der Waals surface area contributed by atoms with Crippen molar-refractivity contribution in [3.8, 4) is 0 Å². The molecule has 0 radical (unpaired) electrons. The third-order valence-electron chi connectivity index (χ3n) is 13.4. The van der Waals surface area contributed by atoms with Gasteiger partial charge in [0.25, 0.3) is 0 Å². The van der Waals surface area contributed by atoms with Crippen LogP contribution in [0.15, 0.2) is 67.3 Å². The van der Waals surface area contributed by atoms with Crippen molar-refractivity contribution in [1.29, 1.82) is 0 Å². The predicted octanol–water partition coefficient (Wildman–Crippen LogP) is 0.431. The van der Waals surface area contributed by atoms with E-state index >= 15 is 0 Å². The minimum Gasteiger partial charge on any atom is -0.618 e. The summed E-state index contributed by atoms with van der Waals surface area (Å²) < 4.78 is 0.653. The summed E-state index contributed by atoms with van der Waals surface area (Å²) in [7, 11) is 1.44. The second kappa shape index (κ2) is 27.4. The summed E-state index contributed by atoms with van der Waals surface area (Å²) in [4.78, 5) is 94.3. The lowest BCUT2D eigenvalue weighted by Crippen LogP contribution is -2.62. The molecule has 3 heterocycles. The maximum absolute atomic E-state index is 14.8. The number of aromatic nitrogens is 3. The summed E-state index contributed by atoms with van der Waals surface area (Å²) in [6.45, 7) is 9.03. The molecule has 21 nitrogen and oxygen atoms in total. The van der Waals surface area contributed by atoms with Gasteiger partial charge in [-0.25, -0.2) is 9.78 Å². The molecule has 21 heteroatoms. The van der Waals surface area contributed by atoms with Crippen LogP contribution in [0.2, 0.25) is 0 Å². The number of nitrogens with zero attached hydrogens (tertiary/aromatic N) is 4. The zero-order valence-electron chi connectivity index (χ0n) is 42.0. The van der Waals surface area contributed by atoms with E-state index in [1.54, 1.807) is 48.5 Å². The average molecular weight is 993 g/mol. The molecule has 1 aromatic carbocycles. The van der Waals surface area contributed by atoms with Crippen LogP contribution >= 0.6 is 0 Å². The number of nitrogens with one attached hydrogen (secondary N) is 6. The van der Waals surface area contributed by atoms with Gasteiger partial charge in [0.05, 0.1) is 38.3 Å². The fourth-order valence-electron chi connectivity index (χ4n) is 8.63. The third-order valence-corrected chi connectivity index (χ3v) is 13.4. The van der Waals surface area contributed by atoms with Gasteiger partial charge < -0.3 is 67.0 Å². The van der Waals surface area contributed by atoms with Gasteiger partial charge in [0.15, 0.2) is 6.20 Å². The van der Waals surface area contributed by atoms with Crippen molar-refractivity contribution in [2.45, 2.75) is 135 Å². The standard InChI is InChI=1S/C50H76N10O11/c1-8-33(6)43(47(68)52-26-36-17-12-13-20-60(36)71)56-44(65)37(32(4)5)24-42(64)38(21-31(2)3)54-46(67)41(23-35-25-51-30-53-35)58(7)48(69)39(22-34-15-10-9-11-16-34)55-45(66)40-18-14-19-59(40)49(70)57-50(27-61,28-62)29-63/h9-13,15-17,20,25,30-33,37-43,61-64H,8,14,18-19,21-24,26-29H2,1-7H3,(H,51,53)(H,52,68)(H,54,67)(H,55,66)(H,56,65)(H,57,70)/t33-,37+,38-,39-,40-,41-,42?,43-/m0/s1. The number of amides is 7. The Bertz CT molecular complexity index is 2170. The normalized spacial score (nSPS) is 16.8. The van der Waals surface area contributed by atoms with Crippen LogP contribution in [-0.2, 0) is 43.4 Å². The van der Waals surface area contributed by atoms with Crippen molar-refractivity contribution >= 4 is 35.6 Å². The van der Waals surface area contributed by atoms with E-state index < -0.39 is 103 Å². The molecule has 0 saturated carbocycles. The number of likely N-dealkylation sites (N-methyl/N-ethyl adjacent to an activating group) is 1. The minimum absolute atomic E-state index is 0.00970. The number of rotatable bonds is 27. The highest BCUT2D eigenvalue weighted by Crippen LogP contribution is 2.24. The van der Waals surface area contributed by atoms with Crippen LogP contribution in [0.5, 0.6) is 0 Å². The molecule has 0 aliphatic carbocycles. The van der Waals surface area contributed by atoms with E-state index in [9.17, 15) is 54.4 Å². The maximum atomic E-state index is 14.8. The van der Waals surface area contributed by atoms with E-state index in [0.29, 0.717) is 40.9 Å². The van der Waals surface area contributed by atoms with Gasteiger partial charge in [-0.05, 0) is 55.1 Å². The van der Waals surface area contributed by atoms with E-state index in [-0.39, 0.29) is 56.5 Å². The Kier molecular flexibility index (Phi) is 22.2. The first-order chi connectivity index (χ1) is 33.8. The minimum atomic E-state index is -1.74. The largest absolute Gasteiger partial charge is 0.618 e. The molecule has 2 aromatic heterocycles. The summed E-state index contributed by atoms with van der Waals surface area (Å²) in [5, 5.41) is 67.6. The van der Waals surface area contributed by atoms with Crippen LogP contribution in [0.25, 0.3) is 0 Å². The van der Waals surface area contributed by atoms with Crippen LogP contribution in [0, 0.1) is 28.9 Å². The second-order valence-electron chi connectivity index (χ2n) is 19.5. The molecule has 1 fully saturated rings. The fraction of sp³-hybridized carbons (Fsp3) is 0.600. The number of imidazole rings is 1. The molecule has 392 valence electrons. The molecule has 71 heavy (non-hydrogen) atoms. The number of benzene rings is 1. The quantitative estimate of drug-likeness (QED) is 0.0368. The molecule has 10 N–H and O–H groups in total. The topological polar surface area (TPSA) is 306 Å². The second-order valence-corrected chi connectivity index (χ2v) is 19.5. The van der Waals surface area contributed by atoms with Crippen LogP contribution in [0.4, 0.5) is 4.79 Å². The van der Waals surface area contributed by atoms with Gasteiger partial charge in [-0.1, -0.05) is 78.3 Å². The number of urea groups is 1. The van der Waals surface area contributed by atoms with Gasteiger partial charge in [-0.2, -0.15) is 4.73 Å². The predicted molar refractivity (Wildman–Crippen MR) is 262 cm³/mol. The van der Waals surface area contributed by atoms with Gasteiger partial charge in [0.1, 0.15) is 36.3 Å². The number of aromatic amines is 1. The van der Waals surface area contributed by atoms with Gasteiger partial charge in [-0.15, -0.1) is 0 Å². The number of aliphatic hydroxyl groups is 4. The summed E-state index contributed by atoms with van der Waals surface area (Å²) in [5.74, 6) is -4.27. The molecule has 8 atom stereocenters. The summed E-state index contributed by atoms with van der Waals surface area (Å²) >= 11 is 0. The van der Waals surface area contributed by atoms with Crippen molar-refractivity contribution < 1.29 is 53.9 Å². The Hall–Kier alpha value is -6.16. The molecule has 3 aromatic rings. The van der Waals surface area contributed by atoms with E-state index in [1.165, 1.54) is 35.6 Å².